The van der Waals surface area contributed by atoms with E-state index in [0.717, 1.165) is 22.4 Å². The van der Waals surface area contributed by atoms with Crippen LogP contribution in [0, 0.1) is 13.8 Å². The lowest BCUT2D eigenvalue weighted by Gasteiger charge is -2.17. The van der Waals surface area contributed by atoms with Gasteiger partial charge in [0.05, 0.1) is 6.26 Å². The molecule has 0 bridgehead atoms. The Morgan fingerprint density at radius 3 is 2.15 bits per heavy atom. The molecule has 0 aliphatic rings. The van der Waals surface area contributed by atoms with Crippen LogP contribution in [0.2, 0.25) is 0 Å². The van der Waals surface area contributed by atoms with Gasteiger partial charge < -0.3 is 4.42 Å². The van der Waals surface area contributed by atoms with Crippen molar-refractivity contribution in [3.05, 3.63) is 120 Å². The van der Waals surface area contributed by atoms with E-state index in [1.54, 1.807) is 6.26 Å². The quantitative estimate of drug-likeness (QED) is 0.194. The molecule has 168 valence electrons. The van der Waals surface area contributed by atoms with Gasteiger partial charge in [-0.15, -0.1) is 10.2 Å². The molecule has 2 aromatic heterocycles. The van der Waals surface area contributed by atoms with E-state index in [0.29, 0.717) is 22.3 Å². The number of thioether (sulfide) groups is 1. The molecule has 0 spiro atoms. The molecule has 34 heavy (non-hydrogen) atoms. The number of rotatable bonds is 7. The van der Waals surface area contributed by atoms with Crippen LogP contribution in [0.15, 0.2) is 107 Å². The number of hydrogen-bond donors (Lipinski definition) is 0. The van der Waals surface area contributed by atoms with Crippen LogP contribution in [0.4, 0.5) is 0 Å². The van der Waals surface area contributed by atoms with Gasteiger partial charge in [0.1, 0.15) is 5.25 Å². The minimum atomic E-state index is -0.487. The van der Waals surface area contributed by atoms with Crippen LogP contribution in [-0.4, -0.2) is 20.5 Å². The maximum absolute atomic E-state index is 13.7. The SMILES string of the molecule is Cc1ccc(C(=O)[C@@H](Sc2nnc(-c3ccco3)n2-c2ccccc2)c2ccc(C)cc2)cc1. The van der Waals surface area contributed by atoms with Crippen LogP contribution in [0.25, 0.3) is 17.3 Å². The van der Waals surface area contributed by atoms with Gasteiger partial charge in [-0.2, -0.15) is 0 Å². The van der Waals surface area contributed by atoms with Crippen LogP contribution in [0.1, 0.15) is 32.3 Å². The van der Waals surface area contributed by atoms with Gasteiger partial charge in [-0.1, -0.05) is 89.6 Å². The number of aryl methyl sites for hydroxylation is 2. The molecule has 0 N–H and O–H groups in total. The maximum Gasteiger partial charge on any atom is 0.205 e. The second-order valence-electron chi connectivity index (χ2n) is 8.09. The molecule has 0 aliphatic carbocycles. The summed E-state index contributed by atoms with van der Waals surface area (Å²) in [4.78, 5) is 13.7. The molecule has 0 radical (unpaired) electrons. The van der Waals surface area contributed by atoms with Crippen molar-refractivity contribution in [2.45, 2.75) is 24.3 Å². The van der Waals surface area contributed by atoms with Crippen LogP contribution in [0.5, 0.6) is 0 Å². The highest BCUT2D eigenvalue weighted by Gasteiger charge is 2.28. The zero-order valence-electron chi connectivity index (χ0n) is 18.9. The number of carbonyl (C=O) groups is 1. The molecule has 0 unspecified atom stereocenters. The summed E-state index contributed by atoms with van der Waals surface area (Å²) in [6, 6.07) is 29.3. The lowest BCUT2D eigenvalue weighted by Crippen LogP contribution is -2.11. The summed E-state index contributed by atoms with van der Waals surface area (Å²) in [6.07, 6.45) is 1.61. The zero-order valence-corrected chi connectivity index (χ0v) is 19.7. The molecule has 0 saturated heterocycles. The van der Waals surface area contributed by atoms with Gasteiger partial charge in [0.2, 0.25) is 5.82 Å². The van der Waals surface area contributed by atoms with E-state index in [1.165, 1.54) is 11.8 Å². The van der Waals surface area contributed by atoms with Crippen molar-refractivity contribution >= 4 is 17.5 Å². The van der Waals surface area contributed by atoms with Gasteiger partial charge in [-0.25, -0.2) is 0 Å². The average Bonchev–Trinajstić information content (AvgIpc) is 3.54. The second kappa shape index (κ2) is 9.53. The van der Waals surface area contributed by atoms with Crippen LogP contribution in [-0.2, 0) is 0 Å². The Balaban J connectivity index is 1.60. The predicted molar refractivity (Wildman–Crippen MR) is 134 cm³/mol. The average molecular weight is 466 g/mol. The summed E-state index contributed by atoms with van der Waals surface area (Å²) in [5.74, 6) is 1.22. The maximum atomic E-state index is 13.7. The van der Waals surface area contributed by atoms with E-state index >= 15 is 0 Å². The number of ketones is 1. The first-order valence-corrected chi connectivity index (χ1v) is 11.9. The number of nitrogens with zero attached hydrogens (tertiary/aromatic N) is 3. The first-order chi connectivity index (χ1) is 16.6. The topological polar surface area (TPSA) is 60.9 Å². The molecule has 2 heterocycles. The van der Waals surface area contributed by atoms with E-state index in [2.05, 4.69) is 10.2 Å². The molecule has 5 nitrogen and oxygen atoms in total. The van der Waals surface area contributed by atoms with Crippen molar-refractivity contribution in [1.29, 1.82) is 0 Å². The Bertz CT molecular complexity index is 1390. The molecule has 0 aliphatic heterocycles. The third kappa shape index (κ3) is 4.45. The predicted octanol–water partition coefficient (Wildman–Crippen LogP) is 6.86. The van der Waals surface area contributed by atoms with E-state index in [1.807, 2.05) is 109 Å². The lowest BCUT2D eigenvalue weighted by molar-refractivity contribution is 0.0989. The van der Waals surface area contributed by atoms with Crippen molar-refractivity contribution in [2.24, 2.45) is 0 Å². The highest BCUT2D eigenvalue weighted by molar-refractivity contribution is 8.00. The summed E-state index contributed by atoms with van der Waals surface area (Å²) in [5.41, 5.74) is 4.74. The summed E-state index contributed by atoms with van der Waals surface area (Å²) < 4.78 is 7.56. The minimum Gasteiger partial charge on any atom is -0.461 e. The van der Waals surface area contributed by atoms with E-state index < -0.39 is 5.25 Å². The van der Waals surface area contributed by atoms with Gasteiger partial charge in [0, 0.05) is 11.3 Å². The number of benzene rings is 3. The van der Waals surface area contributed by atoms with Crippen molar-refractivity contribution in [3.8, 4) is 17.3 Å². The van der Waals surface area contributed by atoms with E-state index in [-0.39, 0.29) is 5.78 Å². The first kappa shape index (κ1) is 21.9. The molecule has 6 heteroatoms. The number of Topliss-reactive ketones (excluding diaryl/α,β-unsaturated/α-hetero) is 1. The molecule has 0 saturated carbocycles. The Morgan fingerprint density at radius 2 is 1.50 bits per heavy atom. The fourth-order valence-corrected chi connectivity index (χ4v) is 4.84. The van der Waals surface area contributed by atoms with Crippen LogP contribution < -0.4 is 0 Å². The number of hydrogen-bond acceptors (Lipinski definition) is 5. The second-order valence-corrected chi connectivity index (χ2v) is 9.17. The third-order valence-electron chi connectivity index (χ3n) is 5.57. The first-order valence-electron chi connectivity index (χ1n) is 11.0. The fourth-order valence-electron chi connectivity index (χ4n) is 3.71. The van der Waals surface area contributed by atoms with Crippen molar-refractivity contribution in [3.63, 3.8) is 0 Å². The van der Waals surface area contributed by atoms with Crippen molar-refractivity contribution in [2.75, 3.05) is 0 Å². The van der Waals surface area contributed by atoms with Gasteiger partial charge in [0.15, 0.2) is 16.7 Å². The molecular formula is C28H23N3O2S. The molecule has 3 aromatic carbocycles. The Labute approximate surface area is 202 Å². The molecule has 0 fully saturated rings. The number of furan rings is 1. The smallest absolute Gasteiger partial charge is 0.205 e. The molecular weight excluding hydrogens is 442 g/mol. The standard InChI is InChI=1S/C28H23N3O2S/c1-19-10-14-21(15-11-19)25(32)26(22-16-12-20(2)13-17-22)34-28-30-29-27(24-9-6-18-33-24)31(28)23-7-4-3-5-8-23/h3-18,26H,1-2H3/t26-/m0/s1. The summed E-state index contributed by atoms with van der Waals surface area (Å²) in [6.45, 7) is 4.05. The Morgan fingerprint density at radius 1 is 0.824 bits per heavy atom. The molecule has 0 amide bonds. The summed E-state index contributed by atoms with van der Waals surface area (Å²) in [7, 11) is 0. The monoisotopic (exact) mass is 465 g/mol. The normalized spacial score (nSPS) is 11.9. The highest BCUT2D eigenvalue weighted by atomic mass is 32.2. The summed E-state index contributed by atoms with van der Waals surface area (Å²) >= 11 is 1.39. The van der Waals surface area contributed by atoms with Crippen molar-refractivity contribution < 1.29 is 9.21 Å². The van der Waals surface area contributed by atoms with E-state index in [4.69, 9.17) is 4.42 Å². The molecule has 5 rings (SSSR count). The Hall–Kier alpha value is -3.90. The van der Waals surface area contributed by atoms with Crippen LogP contribution in [0.3, 0.4) is 0 Å². The molecule has 1 atom stereocenters. The van der Waals surface area contributed by atoms with Gasteiger partial charge in [-0.3, -0.25) is 9.36 Å². The third-order valence-corrected chi connectivity index (χ3v) is 6.76. The Kier molecular flexibility index (Phi) is 6.14. The van der Waals surface area contributed by atoms with Gasteiger partial charge >= 0.3 is 0 Å². The summed E-state index contributed by atoms with van der Waals surface area (Å²) in [5, 5.41) is 9.04. The number of para-hydroxylation sites is 1. The van der Waals surface area contributed by atoms with Crippen molar-refractivity contribution in [1.82, 2.24) is 14.8 Å². The number of carbonyl (C=O) groups excluding carboxylic acids is 1. The molecule has 5 aromatic rings. The van der Waals surface area contributed by atoms with Crippen LogP contribution >= 0.6 is 11.8 Å². The highest BCUT2D eigenvalue weighted by Crippen LogP contribution is 2.39. The van der Waals surface area contributed by atoms with Gasteiger partial charge in [-0.05, 0) is 43.7 Å². The minimum absolute atomic E-state index is 0.0241. The zero-order chi connectivity index (χ0) is 23.5. The van der Waals surface area contributed by atoms with E-state index in [9.17, 15) is 4.79 Å². The lowest BCUT2D eigenvalue weighted by atomic mass is 10.0. The largest absolute Gasteiger partial charge is 0.461 e. The fraction of sp³-hybridized carbons (Fsp3) is 0.107. The van der Waals surface area contributed by atoms with Gasteiger partial charge in [0.25, 0.3) is 0 Å². The number of aromatic nitrogens is 3.